The molecule has 0 spiro atoms. The first-order valence-corrected chi connectivity index (χ1v) is 6.21. The lowest BCUT2D eigenvalue weighted by molar-refractivity contribution is 0.103. The Morgan fingerprint density at radius 3 is 2.76 bits per heavy atom. The molecule has 0 bridgehead atoms. The summed E-state index contributed by atoms with van der Waals surface area (Å²) in [7, 11) is 0. The number of rotatable bonds is 3. The molecule has 3 nitrogen and oxygen atoms in total. The number of benzene rings is 1. The molecule has 1 heterocycles. The summed E-state index contributed by atoms with van der Waals surface area (Å²) < 4.78 is 0. The summed E-state index contributed by atoms with van der Waals surface area (Å²) >= 11 is 7.16. The van der Waals surface area contributed by atoms with E-state index in [0.29, 0.717) is 21.2 Å². The summed E-state index contributed by atoms with van der Waals surface area (Å²) in [5, 5.41) is 14.1. The number of nitrogens with one attached hydrogen (secondary N) is 1. The largest absolute Gasteiger partial charge is 0.392 e. The molecule has 2 rings (SSSR count). The molecule has 88 valence electrons. The van der Waals surface area contributed by atoms with Crippen molar-refractivity contribution in [1.82, 2.24) is 0 Å². The third-order valence-electron chi connectivity index (χ3n) is 2.26. The van der Waals surface area contributed by atoms with Gasteiger partial charge in [-0.25, -0.2) is 0 Å². The Kier molecular flexibility index (Phi) is 3.78. The number of halogens is 1. The first-order chi connectivity index (χ1) is 8.22. The number of anilines is 1. The van der Waals surface area contributed by atoms with Crippen LogP contribution < -0.4 is 5.32 Å². The minimum Gasteiger partial charge on any atom is -0.392 e. The number of amides is 1. The van der Waals surface area contributed by atoms with Gasteiger partial charge in [0, 0.05) is 11.3 Å². The SMILES string of the molecule is O=C(Nc1ccccc1CO)c1sccc1Cl. The lowest BCUT2D eigenvalue weighted by Gasteiger charge is -2.08. The molecule has 0 fully saturated rings. The number of carbonyl (C=O) groups is 1. The standard InChI is InChI=1S/C12H10ClNO2S/c13-9-5-6-17-11(9)12(16)14-10-4-2-1-3-8(10)7-15/h1-6,15H,7H2,(H,14,16). The number of hydrogen-bond acceptors (Lipinski definition) is 3. The Labute approximate surface area is 108 Å². The third kappa shape index (κ3) is 2.66. The van der Waals surface area contributed by atoms with Gasteiger partial charge < -0.3 is 10.4 Å². The molecule has 5 heteroatoms. The van der Waals surface area contributed by atoms with E-state index in [0.717, 1.165) is 0 Å². The van der Waals surface area contributed by atoms with Crippen LogP contribution in [0.1, 0.15) is 15.2 Å². The van der Waals surface area contributed by atoms with Crippen LogP contribution >= 0.6 is 22.9 Å². The average molecular weight is 268 g/mol. The minimum atomic E-state index is -0.258. The highest BCUT2D eigenvalue weighted by molar-refractivity contribution is 7.12. The number of hydrogen-bond donors (Lipinski definition) is 2. The normalized spacial score (nSPS) is 10.2. The van der Waals surface area contributed by atoms with Gasteiger partial charge in [-0.1, -0.05) is 29.8 Å². The molecule has 0 aliphatic rings. The number of aliphatic hydroxyl groups is 1. The molecule has 0 atom stereocenters. The van der Waals surface area contributed by atoms with Gasteiger partial charge in [-0.05, 0) is 17.5 Å². The van der Waals surface area contributed by atoms with E-state index in [1.54, 1.807) is 35.7 Å². The first-order valence-electron chi connectivity index (χ1n) is 4.95. The fourth-order valence-corrected chi connectivity index (χ4v) is 2.45. The van der Waals surface area contributed by atoms with Gasteiger partial charge in [-0.3, -0.25) is 4.79 Å². The van der Waals surface area contributed by atoms with Crippen LogP contribution in [0.15, 0.2) is 35.7 Å². The van der Waals surface area contributed by atoms with Crippen molar-refractivity contribution in [3.8, 4) is 0 Å². The van der Waals surface area contributed by atoms with Crippen molar-refractivity contribution < 1.29 is 9.90 Å². The number of aliphatic hydroxyl groups excluding tert-OH is 1. The molecule has 0 saturated carbocycles. The van der Waals surface area contributed by atoms with Crippen LogP contribution in [0.25, 0.3) is 0 Å². The van der Waals surface area contributed by atoms with E-state index in [1.165, 1.54) is 11.3 Å². The minimum absolute atomic E-state index is 0.116. The monoisotopic (exact) mass is 267 g/mol. The van der Waals surface area contributed by atoms with Crippen molar-refractivity contribution in [2.24, 2.45) is 0 Å². The predicted molar refractivity (Wildman–Crippen MR) is 69.6 cm³/mol. The molecule has 0 aliphatic carbocycles. The molecule has 0 aliphatic heterocycles. The number of para-hydroxylation sites is 1. The van der Waals surface area contributed by atoms with Crippen LogP contribution in [-0.4, -0.2) is 11.0 Å². The quantitative estimate of drug-likeness (QED) is 0.898. The third-order valence-corrected chi connectivity index (χ3v) is 3.60. The molecular weight excluding hydrogens is 258 g/mol. The molecule has 1 aromatic carbocycles. The Balaban J connectivity index is 2.22. The molecule has 0 unspecified atom stereocenters. The fraction of sp³-hybridized carbons (Fsp3) is 0.0833. The van der Waals surface area contributed by atoms with E-state index >= 15 is 0 Å². The summed E-state index contributed by atoms with van der Waals surface area (Å²) in [6.45, 7) is -0.116. The molecule has 1 amide bonds. The molecule has 2 N–H and O–H groups in total. The average Bonchev–Trinajstić information content (AvgIpc) is 2.76. The summed E-state index contributed by atoms with van der Waals surface area (Å²) in [5.74, 6) is -0.258. The van der Waals surface area contributed by atoms with Gasteiger partial charge in [0.1, 0.15) is 4.88 Å². The zero-order valence-electron chi connectivity index (χ0n) is 8.81. The summed E-state index contributed by atoms with van der Waals surface area (Å²) in [6, 6.07) is 8.78. The van der Waals surface area contributed by atoms with Crippen molar-refractivity contribution in [3.05, 3.63) is 51.2 Å². The van der Waals surface area contributed by atoms with Crippen molar-refractivity contribution >= 4 is 34.5 Å². The molecule has 1 aromatic heterocycles. The van der Waals surface area contributed by atoms with Gasteiger partial charge in [0.05, 0.1) is 11.6 Å². The van der Waals surface area contributed by atoms with Crippen molar-refractivity contribution in [3.63, 3.8) is 0 Å². The van der Waals surface area contributed by atoms with E-state index in [9.17, 15) is 4.79 Å². The van der Waals surface area contributed by atoms with Gasteiger partial charge >= 0.3 is 0 Å². The van der Waals surface area contributed by atoms with Crippen LogP contribution in [-0.2, 0) is 6.61 Å². The van der Waals surface area contributed by atoms with Crippen molar-refractivity contribution in [2.45, 2.75) is 6.61 Å². The first kappa shape index (κ1) is 12.1. The Bertz CT molecular complexity index is 539. The van der Waals surface area contributed by atoms with Gasteiger partial charge in [0.15, 0.2) is 0 Å². The maximum Gasteiger partial charge on any atom is 0.267 e. The molecule has 0 radical (unpaired) electrons. The highest BCUT2D eigenvalue weighted by atomic mass is 35.5. The van der Waals surface area contributed by atoms with Gasteiger partial charge in [-0.15, -0.1) is 11.3 Å². The number of carbonyl (C=O) groups excluding carboxylic acids is 1. The van der Waals surface area contributed by atoms with Crippen LogP contribution in [0.3, 0.4) is 0 Å². The second kappa shape index (κ2) is 5.31. The molecule has 0 saturated heterocycles. The van der Waals surface area contributed by atoms with E-state index in [2.05, 4.69) is 5.32 Å². The van der Waals surface area contributed by atoms with Crippen LogP contribution in [0.4, 0.5) is 5.69 Å². The maximum absolute atomic E-state index is 11.9. The van der Waals surface area contributed by atoms with E-state index in [4.69, 9.17) is 16.7 Å². The van der Waals surface area contributed by atoms with Gasteiger partial charge in [-0.2, -0.15) is 0 Å². The Morgan fingerprint density at radius 2 is 2.12 bits per heavy atom. The van der Waals surface area contributed by atoms with Gasteiger partial charge in [0.2, 0.25) is 0 Å². The molecular formula is C12H10ClNO2S. The maximum atomic E-state index is 11.9. The zero-order chi connectivity index (χ0) is 12.3. The lowest BCUT2D eigenvalue weighted by Crippen LogP contribution is -2.12. The smallest absolute Gasteiger partial charge is 0.267 e. The predicted octanol–water partition coefficient (Wildman–Crippen LogP) is 3.15. The highest BCUT2D eigenvalue weighted by Gasteiger charge is 2.13. The number of thiophene rings is 1. The Morgan fingerprint density at radius 1 is 1.35 bits per heavy atom. The van der Waals surface area contributed by atoms with Crippen LogP contribution in [0.2, 0.25) is 5.02 Å². The second-order valence-electron chi connectivity index (χ2n) is 3.37. The van der Waals surface area contributed by atoms with Crippen molar-refractivity contribution in [2.75, 3.05) is 5.32 Å². The highest BCUT2D eigenvalue weighted by Crippen LogP contribution is 2.24. The van der Waals surface area contributed by atoms with E-state index < -0.39 is 0 Å². The van der Waals surface area contributed by atoms with E-state index in [1.807, 2.05) is 0 Å². The van der Waals surface area contributed by atoms with Gasteiger partial charge in [0.25, 0.3) is 5.91 Å². The summed E-state index contributed by atoms with van der Waals surface area (Å²) in [4.78, 5) is 12.4. The summed E-state index contributed by atoms with van der Waals surface area (Å²) in [6.07, 6.45) is 0. The molecule has 17 heavy (non-hydrogen) atoms. The topological polar surface area (TPSA) is 49.3 Å². The fourth-order valence-electron chi connectivity index (χ4n) is 1.41. The van der Waals surface area contributed by atoms with Crippen LogP contribution in [0, 0.1) is 0 Å². The van der Waals surface area contributed by atoms with Crippen molar-refractivity contribution in [1.29, 1.82) is 0 Å². The zero-order valence-corrected chi connectivity index (χ0v) is 10.4. The Hall–Kier alpha value is -1.36. The second-order valence-corrected chi connectivity index (χ2v) is 4.69. The van der Waals surface area contributed by atoms with E-state index in [-0.39, 0.29) is 12.5 Å². The molecule has 2 aromatic rings. The lowest BCUT2D eigenvalue weighted by atomic mass is 10.2. The van der Waals surface area contributed by atoms with Crippen LogP contribution in [0.5, 0.6) is 0 Å². The summed E-state index contributed by atoms with van der Waals surface area (Å²) in [5.41, 5.74) is 1.28.